The molecule has 0 saturated heterocycles. The van der Waals surface area contributed by atoms with E-state index in [1.54, 1.807) is 6.07 Å². The van der Waals surface area contributed by atoms with Gasteiger partial charge in [-0.15, -0.1) is 0 Å². The summed E-state index contributed by atoms with van der Waals surface area (Å²) in [6.07, 6.45) is 0. The van der Waals surface area contributed by atoms with Crippen LogP contribution in [0.3, 0.4) is 0 Å². The average Bonchev–Trinajstić information content (AvgIpc) is 2.93. The van der Waals surface area contributed by atoms with Crippen LogP contribution in [0.2, 0.25) is 0 Å². The number of amidine groups is 1. The van der Waals surface area contributed by atoms with Gasteiger partial charge in [-0.25, -0.2) is 4.98 Å². The van der Waals surface area contributed by atoms with E-state index in [1.165, 1.54) is 0 Å². The molecule has 0 unspecified atom stereocenters. The Morgan fingerprint density at radius 2 is 1.85 bits per heavy atom. The second-order valence-electron chi connectivity index (χ2n) is 4.44. The maximum atomic E-state index is 6.02. The molecule has 3 rings (SSSR count). The molecule has 0 amide bonds. The van der Waals surface area contributed by atoms with E-state index < -0.39 is 0 Å². The van der Waals surface area contributed by atoms with Gasteiger partial charge in [0.05, 0.1) is 12.1 Å². The van der Waals surface area contributed by atoms with E-state index in [2.05, 4.69) is 20.3 Å². The van der Waals surface area contributed by atoms with Crippen molar-refractivity contribution < 1.29 is 0 Å². The summed E-state index contributed by atoms with van der Waals surface area (Å²) in [6.45, 7) is 1.46. The number of nitrogen functional groups attached to an aromatic ring is 3. The minimum atomic E-state index is 0.118. The van der Waals surface area contributed by atoms with Crippen LogP contribution in [0.25, 0.3) is 11.1 Å². The van der Waals surface area contributed by atoms with Crippen LogP contribution >= 0.6 is 0 Å². The summed E-state index contributed by atoms with van der Waals surface area (Å²) >= 11 is 0. The molecular formula is C13H15N7. The van der Waals surface area contributed by atoms with Crippen molar-refractivity contribution in [2.75, 3.05) is 30.3 Å². The summed E-state index contributed by atoms with van der Waals surface area (Å²) in [5.41, 5.74) is 20.4. The summed E-state index contributed by atoms with van der Waals surface area (Å²) in [6, 6.07) is 7.42. The van der Waals surface area contributed by atoms with E-state index >= 15 is 0 Å². The number of aliphatic imine (C=N–C) groups is 1. The summed E-state index contributed by atoms with van der Waals surface area (Å²) in [5, 5.41) is 3.16. The average molecular weight is 269 g/mol. The lowest BCUT2D eigenvalue weighted by Gasteiger charge is -2.13. The molecule has 0 aliphatic carbocycles. The van der Waals surface area contributed by atoms with E-state index in [0.717, 1.165) is 12.1 Å². The molecule has 0 bridgehead atoms. The summed E-state index contributed by atoms with van der Waals surface area (Å²) in [4.78, 5) is 12.7. The van der Waals surface area contributed by atoms with Crippen molar-refractivity contribution in [2.45, 2.75) is 0 Å². The minimum Gasteiger partial charge on any atom is -0.398 e. The third-order valence-corrected chi connectivity index (χ3v) is 3.08. The van der Waals surface area contributed by atoms with E-state index in [9.17, 15) is 0 Å². The number of benzene rings is 1. The molecule has 0 atom stereocenters. The number of hydrogen-bond acceptors (Lipinski definition) is 7. The number of nitrogens with zero attached hydrogens (tertiary/aromatic N) is 3. The first kappa shape index (κ1) is 12.2. The van der Waals surface area contributed by atoms with Gasteiger partial charge >= 0.3 is 0 Å². The fraction of sp³-hybridized carbons (Fsp3) is 0.154. The van der Waals surface area contributed by atoms with Crippen LogP contribution in [0.15, 0.2) is 29.3 Å². The van der Waals surface area contributed by atoms with Crippen LogP contribution in [0.4, 0.5) is 17.5 Å². The number of hydrogen-bond donors (Lipinski definition) is 4. The molecule has 1 aromatic heterocycles. The fourth-order valence-corrected chi connectivity index (χ4v) is 2.21. The topological polar surface area (TPSA) is 128 Å². The Morgan fingerprint density at radius 3 is 2.55 bits per heavy atom. The fourth-order valence-electron chi connectivity index (χ4n) is 2.21. The number of nitrogens with one attached hydrogen (secondary N) is 1. The first-order valence-corrected chi connectivity index (χ1v) is 6.23. The van der Waals surface area contributed by atoms with Crippen molar-refractivity contribution in [3.8, 4) is 11.1 Å². The zero-order valence-electron chi connectivity index (χ0n) is 10.8. The minimum absolute atomic E-state index is 0.118. The van der Waals surface area contributed by atoms with Gasteiger partial charge in [0.2, 0.25) is 5.95 Å². The lowest BCUT2D eigenvalue weighted by atomic mass is 10.0. The van der Waals surface area contributed by atoms with E-state index in [4.69, 9.17) is 17.2 Å². The van der Waals surface area contributed by atoms with Gasteiger partial charge in [-0.1, -0.05) is 18.2 Å². The zero-order chi connectivity index (χ0) is 14.1. The maximum absolute atomic E-state index is 6.02. The van der Waals surface area contributed by atoms with Crippen molar-refractivity contribution in [3.63, 3.8) is 0 Å². The SMILES string of the molecule is Nc1nc(N)c(-c2ccccc2N)c(C2=NCCN2)n1. The molecule has 1 aliphatic heterocycles. The summed E-state index contributed by atoms with van der Waals surface area (Å²) in [7, 11) is 0. The Labute approximate surface area is 115 Å². The van der Waals surface area contributed by atoms with Crippen LogP contribution in [0, 0.1) is 0 Å². The second-order valence-corrected chi connectivity index (χ2v) is 4.44. The number of para-hydroxylation sites is 1. The van der Waals surface area contributed by atoms with Gasteiger partial charge in [0.15, 0.2) is 0 Å². The lowest BCUT2D eigenvalue weighted by molar-refractivity contribution is 0.958. The van der Waals surface area contributed by atoms with Crippen molar-refractivity contribution in [1.82, 2.24) is 15.3 Å². The number of nitrogens with two attached hydrogens (primary N) is 3. The molecule has 1 aromatic carbocycles. The predicted octanol–water partition coefficient (Wildman–Crippen LogP) is 0.240. The van der Waals surface area contributed by atoms with Gasteiger partial charge in [0, 0.05) is 17.8 Å². The smallest absolute Gasteiger partial charge is 0.222 e. The molecule has 0 spiro atoms. The normalized spacial score (nSPS) is 13.9. The molecule has 7 heteroatoms. The van der Waals surface area contributed by atoms with Crippen LogP contribution < -0.4 is 22.5 Å². The monoisotopic (exact) mass is 269 g/mol. The molecule has 0 saturated carbocycles. The Morgan fingerprint density at radius 1 is 1.05 bits per heavy atom. The predicted molar refractivity (Wildman–Crippen MR) is 80.1 cm³/mol. The van der Waals surface area contributed by atoms with Crippen LogP contribution in [-0.2, 0) is 0 Å². The highest BCUT2D eigenvalue weighted by Crippen LogP contribution is 2.32. The Hall–Kier alpha value is -2.83. The van der Waals surface area contributed by atoms with Crippen LogP contribution in [0.5, 0.6) is 0 Å². The molecule has 7 N–H and O–H groups in total. The van der Waals surface area contributed by atoms with Gasteiger partial charge in [-0.3, -0.25) is 4.99 Å². The van der Waals surface area contributed by atoms with Gasteiger partial charge < -0.3 is 22.5 Å². The molecule has 7 nitrogen and oxygen atoms in total. The quantitative estimate of drug-likeness (QED) is 0.578. The highest BCUT2D eigenvalue weighted by Gasteiger charge is 2.21. The first-order chi connectivity index (χ1) is 9.66. The standard InChI is InChI=1S/C13H15N7/c14-8-4-2-1-3-7(8)9-10(12-17-5-6-18-12)19-13(16)20-11(9)15/h1-4H,5-6,14H2,(H,17,18)(H4,15,16,19,20). The Kier molecular flexibility index (Phi) is 2.86. The van der Waals surface area contributed by atoms with Gasteiger partial charge in [0.25, 0.3) is 0 Å². The number of aromatic nitrogens is 2. The van der Waals surface area contributed by atoms with Gasteiger partial charge in [0.1, 0.15) is 17.3 Å². The first-order valence-electron chi connectivity index (χ1n) is 6.23. The Balaban J connectivity index is 2.26. The molecule has 2 heterocycles. The highest BCUT2D eigenvalue weighted by molar-refractivity contribution is 6.06. The molecule has 20 heavy (non-hydrogen) atoms. The van der Waals surface area contributed by atoms with Gasteiger partial charge in [-0.2, -0.15) is 4.98 Å². The summed E-state index contributed by atoms with van der Waals surface area (Å²) in [5.74, 6) is 1.08. The largest absolute Gasteiger partial charge is 0.398 e. The Bertz CT molecular complexity index is 693. The molecule has 0 fully saturated rings. The number of anilines is 3. The van der Waals surface area contributed by atoms with E-state index in [-0.39, 0.29) is 5.95 Å². The summed E-state index contributed by atoms with van der Waals surface area (Å²) < 4.78 is 0. The highest BCUT2D eigenvalue weighted by atomic mass is 15.1. The van der Waals surface area contributed by atoms with E-state index in [0.29, 0.717) is 35.1 Å². The molecule has 0 radical (unpaired) electrons. The zero-order valence-corrected chi connectivity index (χ0v) is 10.8. The number of rotatable bonds is 2. The lowest BCUT2D eigenvalue weighted by Crippen LogP contribution is -2.23. The third kappa shape index (κ3) is 1.99. The second kappa shape index (κ2) is 4.69. The molecular weight excluding hydrogens is 254 g/mol. The molecule has 1 aliphatic rings. The van der Waals surface area contributed by atoms with Crippen molar-refractivity contribution >= 4 is 23.3 Å². The molecule has 102 valence electrons. The van der Waals surface area contributed by atoms with Crippen molar-refractivity contribution in [2.24, 2.45) is 4.99 Å². The van der Waals surface area contributed by atoms with Gasteiger partial charge in [-0.05, 0) is 6.07 Å². The maximum Gasteiger partial charge on any atom is 0.222 e. The van der Waals surface area contributed by atoms with Crippen molar-refractivity contribution in [3.05, 3.63) is 30.0 Å². The van der Waals surface area contributed by atoms with Crippen LogP contribution in [-0.4, -0.2) is 28.9 Å². The third-order valence-electron chi connectivity index (χ3n) is 3.08. The van der Waals surface area contributed by atoms with E-state index in [1.807, 2.05) is 18.2 Å². The van der Waals surface area contributed by atoms with Crippen LogP contribution in [0.1, 0.15) is 5.69 Å². The van der Waals surface area contributed by atoms with Crippen molar-refractivity contribution in [1.29, 1.82) is 0 Å². The molecule has 2 aromatic rings.